The summed E-state index contributed by atoms with van der Waals surface area (Å²) in [7, 11) is -3.44. The van der Waals surface area contributed by atoms with Gasteiger partial charge in [0.15, 0.2) is 0 Å². The van der Waals surface area contributed by atoms with Gasteiger partial charge in [-0.25, -0.2) is 13.1 Å². The molecule has 1 N–H and O–H groups in total. The summed E-state index contributed by atoms with van der Waals surface area (Å²) in [5.74, 6) is 0.565. The van der Waals surface area contributed by atoms with E-state index in [0.29, 0.717) is 18.9 Å². The Morgan fingerprint density at radius 1 is 1.26 bits per heavy atom. The molecule has 0 aliphatic heterocycles. The van der Waals surface area contributed by atoms with Crippen LogP contribution in [0.3, 0.4) is 0 Å². The topological polar surface area (TPSA) is 55.4 Å². The maximum atomic E-state index is 11.9. The molecule has 0 heterocycles. The average molecular weight is 350 g/mol. The summed E-state index contributed by atoms with van der Waals surface area (Å²) in [6, 6.07) is 4.80. The fourth-order valence-electron chi connectivity index (χ4n) is 1.57. The Bertz CT molecular complexity index is 503. The van der Waals surface area contributed by atoms with Crippen LogP contribution in [0.1, 0.15) is 33.1 Å². The molecule has 0 amide bonds. The van der Waals surface area contributed by atoms with Crippen LogP contribution in [-0.2, 0) is 10.0 Å². The Morgan fingerprint density at radius 2 is 2.00 bits per heavy atom. The van der Waals surface area contributed by atoms with Crippen LogP contribution in [0.15, 0.2) is 27.6 Å². The van der Waals surface area contributed by atoms with Gasteiger partial charge < -0.3 is 4.74 Å². The zero-order valence-corrected chi connectivity index (χ0v) is 13.7. The summed E-state index contributed by atoms with van der Waals surface area (Å²) in [4.78, 5) is 0.225. The molecule has 0 atom stereocenters. The predicted molar refractivity (Wildman–Crippen MR) is 80.0 cm³/mol. The van der Waals surface area contributed by atoms with Crippen molar-refractivity contribution >= 4 is 26.0 Å². The second-order valence-electron chi connectivity index (χ2n) is 4.15. The van der Waals surface area contributed by atoms with Crippen molar-refractivity contribution < 1.29 is 13.2 Å². The number of rotatable bonds is 8. The molecule has 4 nitrogen and oxygen atoms in total. The Balaban J connectivity index is 2.82. The second-order valence-corrected chi connectivity index (χ2v) is 6.77. The van der Waals surface area contributed by atoms with E-state index in [9.17, 15) is 8.42 Å². The normalized spacial score (nSPS) is 11.5. The average Bonchev–Trinajstić information content (AvgIpc) is 2.36. The van der Waals surface area contributed by atoms with E-state index in [2.05, 4.69) is 27.6 Å². The minimum Gasteiger partial charge on any atom is -0.492 e. The molecule has 108 valence electrons. The summed E-state index contributed by atoms with van der Waals surface area (Å²) in [5, 5.41) is 0. The molecule has 0 bridgehead atoms. The molecular formula is C13H20BrNO3S. The van der Waals surface area contributed by atoms with Crippen LogP contribution >= 0.6 is 15.9 Å². The van der Waals surface area contributed by atoms with Crippen molar-refractivity contribution in [2.45, 2.75) is 38.0 Å². The number of halogens is 1. The van der Waals surface area contributed by atoms with Crippen LogP contribution in [0.25, 0.3) is 0 Å². The number of sulfonamides is 1. The summed E-state index contributed by atoms with van der Waals surface area (Å²) in [6.07, 6.45) is 3.19. The molecule has 0 spiro atoms. The molecule has 1 aromatic rings. The van der Waals surface area contributed by atoms with Crippen molar-refractivity contribution in [2.24, 2.45) is 0 Å². The fourth-order valence-corrected chi connectivity index (χ4v) is 2.99. The van der Waals surface area contributed by atoms with Crippen LogP contribution in [0, 0.1) is 0 Å². The Morgan fingerprint density at radius 3 is 2.63 bits per heavy atom. The van der Waals surface area contributed by atoms with Gasteiger partial charge in [-0.05, 0) is 34.5 Å². The maximum absolute atomic E-state index is 11.9. The van der Waals surface area contributed by atoms with E-state index in [0.717, 1.165) is 23.7 Å². The molecule has 6 heteroatoms. The van der Waals surface area contributed by atoms with Gasteiger partial charge in [0, 0.05) is 12.6 Å². The van der Waals surface area contributed by atoms with Gasteiger partial charge in [-0.2, -0.15) is 0 Å². The van der Waals surface area contributed by atoms with Crippen molar-refractivity contribution in [3.63, 3.8) is 0 Å². The highest BCUT2D eigenvalue weighted by molar-refractivity contribution is 9.10. The molecule has 0 fully saturated rings. The maximum Gasteiger partial charge on any atom is 0.240 e. The zero-order valence-electron chi connectivity index (χ0n) is 11.3. The molecule has 0 aliphatic rings. The van der Waals surface area contributed by atoms with Crippen molar-refractivity contribution in [3.8, 4) is 5.75 Å². The van der Waals surface area contributed by atoms with Crippen LogP contribution in [0.4, 0.5) is 0 Å². The third-order valence-electron chi connectivity index (χ3n) is 2.55. The molecule has 0 saturated heterocycles. The summed E-state index contributed by atoms with van der Waals surface area (Å²) >= 11 is 3.37. The molecule has 19 heavy (non-hydrogen) atoms. The van der Waals surface area contributed by atoms with Gasteiger partial charge >= 0.3 is 0 Å². The lowest BCUT2D eigenvalue weighted by molar-refractivity contribution is 0.303. The number of ether oxygens (including phenoxy) is 1. The van der Waals surface area contributed by atoms with Crippen LogP contribution in [0.2, 0.25) is 0 Å². The Kier molecular flexibility index (Phi) is 6.82. The first-order valence-corrected chi connectivity index (χ1v) is 8.71. The van der Waals surface area contributed by atoms with E-state index < -0.39 is 10.0 Å². The Hall–Kier alpha value is -0.590. The van der Waals surface area contributed by atoms with E-state index in [-0.39, 0.29) is 4.90 Å². The van der Waals surface area contributed by atoms with E-state index in [4.69, 9.17) is 4.74 Å². The van der Waals surface area contributed by atoms with Gasteiger partial charge in [-0.3, -0.25) is 0 Å². The molecule has 0 aromatic heterocycles. The number of hydrogen-bond donors (Lipinski definition) is 1. The zero-order chi connectivity index (χ0) is 14.3. The lowest BCUT2D eigenvalue weighted by Gasteiger charge is -2.10. The van der Waals surface area contributed by atoms with Gasteiger partial charge in [0.25, 0.3) is 0 Å². The van der Waals surface area contributed by atoms with Crippen molar-refractivity contribution in [2.75, 3.05) is 13.2 Å². The van der Waals surface area contributed by atoms with Crippen molar-refractivity contribution in [1.29, 1.82) is 0 Å². The SMILES string of the molecule is CCCCCOc1cc(S(=O)(=O)NCC)ccc1Br. The van der Waals surface area contributed by atoms with Crippen molar-refractivity contribution in [3.05, 3.63) is 22.7 Å². The molecule has 0 saturated carbocycles. The van der Waals surface area contributed by atoms with Crippen molar-refractivity contribution in [1.82, 2.24) is 4.72 Å². The highest BCUT2D eigenvalue weighted by Crippen LogP contribution is 2.28. The smallest absolute Gasteiger partial charge is 0.240 e. The number of unbranched alkanes of at least 4 members (excludes halogenated alkanes) is 2. The fraction of sp³-hybridized carbons (Fsp3) is 0.538. The summed E-state index contributed by atoms with van der Waals surface area (Å²) in [6.45, 7) is 4.83. The third kappa shape index (κ3) is 5.12. The number of nitrogens with one attached hydrogen (secondary N) is 1. The van der Waals surface area contributed by atoms with Gasteiger partial charge in [0.1, 0.15) is 5.75 Å². The highest BCUT2D eigenvalue weighted by Gasteiger charge is 2.14. The minimum absolute atomic E-state index is 0.225. The monoisotopic (exact) mass is 349 g/mol. The van der Waals surface area contributed by atoms with E-state index in [1.165, 1.54) is 0 Å². The number of benzene rings is 1. The molecule has 0 unspecified atom stereocenters. The quantitative estimate of drug-likeness (QED) is 0.732. The first-order chi connectivity index (χ1) is 9.01. The highest BCUT2D eigenvalue weighted by atomic mass is 79.9. The van der Waals surface area contributed by atoms with Crippen LogP contribution in [-0.4, -0.2) is 21.6 Å². The lowest BCUT2D eigenvalue weighted by atomic mass is 10.3. The molecule has 0 aliphatic carbocycles. The first kappa shape index (κ1) is 16.5. The van der Waals surface area contributed by atoms with Gasteiger partial charge in [0.2, 0.25) is 10.0 Å². The van der Waals surface area contributed by atoms with E-state index >= 15 is 0 Å². The molecular weight excluding hydrogens is 330 g/mol. The van der Waals surface area contributed by atoms with Gasteiger partial charge in [-0.15, -0.1) is 0 Å². The second kappa shape index (κ2) is 7.87. The molecule has 0 radical (unpaired) electrons. The first-order valence-electron chi connectivity index (χ1n) is 6.43. The summed E-state index contributed by atoms with van der Waals surface area (Å²) < 4.78 is 32.6. The number of hydrogen-bond acceptors (Lipinski definition) is 3. The predicted octanol–water partition coefficient (Wildman–Crippen LogP) is 3.32. The summed E-state index contributed by atoms with van der Waals surface area (Å²) in [5.41, 5.74) is 0. The third-order valence-corrected chi connectivity index (χ3v) is 4.75. The van der Waals surface area contributed by atoms with E-state index in [1.54, 1.807) is 25.1 Å². The molecule has 1 aromatic carbocycles. The van der Waals surface area contributed by atoms with Crippen LogP contribution < -0.4 is 9.46 Å². The Labute approximate surface area is 123 Å². The minimum atomic E-state index is -3.44. The lowest BCUT2D eigenvalue weighted by Crippen LogP contribution is -2.23. The largest absolute Gasteiger partial charge is 0.492 e. The van der Waals surface area contributed by atoms with Crippen LogP contribution in [0.5, 0.6) is 5.75 Å². The van der Waals surface area contributed by atoms with Gasteiger partial charge in [-0.1, -0.05) is 26.7 Å². The van der Waals surface area contributed by atoms with E-state index in [1.807, 2.05) is 0 Å². The van der Waals surface area contributed by atoms with Gasteiger partial charge in [0.05, 0.1) is 16.0 Å². The molecule has 1 rings (SSSR count). The standard InChI is InChI=1S/C13H20BrNO3S/c1-3-5-6-9-18-13-10-11(7-8-12(13)14)19(16,17)15-4-2/h7-8,10,15H,3-6,9H2,1-2H3.